The molecule has 0 saturated heterocycles. The van der Waals surface area contributed by atoms with Crippen molar-refractivity contribution in [2.45, 2.75) is 19.0 Å². The van der Waals surface area contributed by atoms with Gasteiger partial charge in [-0.3, -0.25) is 0 Å². The van der Waals surface area contributed by atoms with E-state index in [-0.39, 0.29) is 6.54 Å². The highest BCUT2D eigenvalue weighted by Gasteiger charge is 2.29. The number of halogens is 3. The monoisotopic (exact) mass is 244 g/mol. The van der Waals surface area contributed by atoms with Crippen molar-refractivity contribution in [3.63, 3.8) is 0 Å². The molecule has 0 unspecified atom stereocenters. The number of unbranched alkanes of at least 4 members (excludes halogenated alkanes) is 1. The highest BCUT2D eigenvalue weighted by Crippen LogP contribution is 2.12. The molecule has 0 aliphatic heterocycles. The van der Waals surface area contributed by atoms with E-state index >= 15 is 0 Å². The summed E-state index contributed by atoms with van der Waals surface area (Å²) in [6.45, 7) is -1.57. The van der Waals surface area contributed by atoms with Crippen LogP contribution in [-0.2, 0) is 10.2 Å². The van der Waals surface area contributed by atoms with Crippen molar-refractivity contribution < 1.29 is 21.6 Å². The first-order valence-corrected chi connectivity index (χ1v) is 5.49. The molecule has 0 aliphatic carbocycles. The lowest BCUT2D eigenvalue weighted by Crippen LogP contribution is -2.41. The molecule has 0 heterocycles. The summed E-state index contributed by atoms with van der Waals surface area (Å²) < 4.78 is 60.0. The van der Waals surface area contributed by atoms with Crippen LogP contribution in [0, 0.1) is 12.3 Å². The quantitative estimate of drug-likeness (QED) is 0.524. The lowest BCUT2D eigenvalue weighted by molar-refractivity contribution is -0.121. The van der Waals surface area contributed by atoms with Gasteiger partial charge in [-0.2, -0.15) is 26.3 Å². The fourth-order valence-corrected chi connectivity index (χ4v) is 1.49. The molecule has 8 heteroatoms. The summed E-state index contributed by atoms with van der Waals surface area (Å²) in [5.41, 5.74) is 0. The van der Waals surface area contributed by atoms with E-state index in [1.54, 1.807) is 0 Å². The fourth-order valence-electron chi connectivity index (χ4n) is 0.625. The Balaban J connectivity index is 3.84. The number of hydrogen-bond donors (Lipinski definition) is 2. The molecule has 4 nitrogen and oxygen atoms in total. The molecule has 88 valence electrons. The summed E-state index contributed by atoms with van der Waals surface area (Å²) in [4.78, 5) is 0. The Morgan fingerprint density at radius 2 is 1.87 bits per heavy atom. The first-order chi connectivity index (χ1) is 6.77. The molecule has 0 aliphatic rings. The second kappa shape index (κ2) is 5.95. The van der Waals surface area contributed by atoms with Crippen molar-refractivity contribution in [3.05, 3.63) is 0 Å². The first-order valence-electron chi connectivity index (χ1n) is 4.01. The molecule has 0 atom stereocenters. The minimum atomic E-state index is -4.56. The van der Waals surface area contributed by atoms with E-state index in [1.807, 2.05) is 4.72 Å². The third-order valence-electron chi connectivity index (χ3n) is 1.25. The highest BCUT2D eigenvalue weighted by molar-refractivity contribution is 7.87. The maximum Gasteiger partial charge on any atom is 0.402 e. The molecule has 0 aromatic rings. The number of alkyl halides is 3. The summed E-state index contributed by atoms with van der Waals surface area (Å²) in [5.74, 6) is 2.27. The van der Waals surface area contributed by atoms with Crippen LogP contribution in [0.2, 0.25) is 0 Å². The average molecular weight is 244 g/mol. The SMILES string of the molecule is C#CCCCNS(=O)(=O)NCC(F)(F)F. The predicted molar refractivity (Wildman–Crippen MR) is 49.0 cm³/mol. The molecule has 0 aromatic carbocycles. The van der Waals surface area contributed by atoms with Crippen LogP contribution in [0.4, 0.5) is 13.2 Å². The second-order valence-electron chi connectivity index (χ2n) is 2.64. The maximum atomic E-state index is 11.6. The van der Waals surface area contributed by atoms with E-state index in [0.29, 0.717) is 12.8 Å². The zero-order chi connectivity index (χ0) is 11.9. The molecular weight excluding hydrogens is 233 g/mol. The van der Waals surface area contributed by atoms with Gasteiger partial charge in [0.1, 0.15) is 6.54 Å². The van der Waals surface area contributed by atoms with Crippen LogP contribution < -0.4 is 9.44 Å². The van der Waals surface area contributed by atoms with Crippen molar-refractivity contribution in [2.75, 3.05) is 13.1 Å². The molecule has 2 N–H and O–H groups in total. The van der Waals surface area contributed by atoms with Gasteiger partial charge in [-0.05, 0) is 6.42 Å². The normalized spacial score (nSPS) is 12.4. The van der Waals surface area contributed by atoms with E-state index < -0.39 is 22.9 Å². The van der Waals surface area contributed by atoms with Gasteiger partial charge in [-0.25, -0.2) is 4.72 Å². The van der Waals surface area contributed by atoms with Crippen LogP contribution in [0.15, 0.2) is 0 Å². The summed E-state index contributed by atoms with van der Waals surface area (Å²) in [6.07, 6.45) is 1.08. The number of hydrogen-bond acceptors (Lipinski definition) is 2. The maximum absolute atomic E-state index is 11.6. The average Bonchev–Trinajstić information content (AvgIpc) is 2.09. The molecule has 0 rings (SSSR count). The van der Waals surface area contributed by atoms with Gasteiger partial charge >= 0.3 is 6.18 Å². The predicted octanol–water partition coefficient (Wildman–Crippen LogP) is 0.386. The van der Waals surface area contributed by atoms with E-state index in [1.165, 1.54) is 4.72 Å². The van der Waals surface area contributed by atoms with Crippen LogP contribution >= 0.6 is 0 Å². The highest BCUT2D eigenvalue weighted by atomic mass is 32.2. The third-order valence-corrected chi connectivity index (χ3v) is 2.36. The Hall–Kier alpha value is -0.780. The smallest absolute Gasteiger partial charge is 0.202 e. The van der Waals surface area contributed by atoms with Gasteiger partial charge in [0.2, 0.25) is 0 Å². The summed E-state index contributed by atoms with van der Waals surface area (Å²) in [5, 5.41) is 0. The number of nitrogens with one attached hydrogen (secondary N) is 2. The van der Waals surface area contributed by atoms with Crippen LogP contribution in [0.25, 0.3) is 0 Å². The summed E-state index contributed by atoms with van der Waals surface area (Å²) in [6, 6.07) is 0. The zero-order valence-corrected chi connectivity index (χ0v) is 8.58. The van der Waals surface area contributed by atoms with E-state index in [2.05, 4.69) is 5.92 Å². The Bertz CT molecular complexity index is 318. The topological polar surface area (TPSA) is 58.2 Å². The Labute approximate surface area is 86.4 Å². The van der Waals surface area contributed by atoms with Crippen LogP contribution in [-0.4, -0.2) is 27.7 Å². The minimum Gasteiger partial charge on any atom is -0.202 e. The number of terminal acetylenes is 1. The Morgan fingerprint density at radius 3 is 2.33 bits per heavy atom. The summed E-state index contributed by atoms with van der Waals surface area (Å²) >= 11 is 0. The molecule has 0 amide bonds. The van der Waals surface area contributed by atoms with Gasteiger partial charge in [0.15, 0.2) is 0 Å². The van der Waals surface area contributed by atoms with Gasteiger partial charge in [0.05, 0.1) is 0 Å². The summed E-state index contributed by atoms with van der Waals surface area (Å²) in [7, 11) is -4.08. The molecule has 0 saturated carbocycles. The van der Waals surface area contributed by atoms with Gasteiger partial charge in [0.25, 0.3) is 10.2 Å². The minimum absolute atomic E-state index is 0.0113. The van der Waals surface area contributed by atoms with Crippen LogP contribution in [0.3, 0.4) is 0 Å². The fraction of sp³-hybridized carbons (Fsp3) is 0.714. The third kappa shape index (κ3) is 9.52. The van der Waals surface area contributed by atoms with E-state index in [4.69, 9.17) is 6.42 Å². The molecule has 0 aromatic heterocycles. The zero-order valence-electron chi connectivity index (χ0n) is 7.76. The number of rotatable bonds is 6. The second-order valence-corrected chi connectivity index (χ2v) is 4.23. The Morgan fingerprint density at radius 1 is 1.27 bits per heavy atom. The van der Waals surface area contributed by atoms with Gasteiger partial charge < -0.3 is 0 Å². The van der Waals surface area contributed by atoms with Crippen molar-refractivity contribution in [1.82, 2.24) is 9.44 Å². The molecular formula is C7H11F3N2O2S. The molecule has 0 radical (unpaired) electrons. The van der Waals surface area contributed by atoms with Crippen molar-refractivity contribution in [2.24, 2.45) is 0 Å². The van der Waals surface area contributed by atoms with Gasteiger partial charge in [-0.15, -0.1) is 12.3 Å². The Kier molecular flexibility index (Phi) is 5.64. The van der Waals surface area contributed by atoms with Gasteiger partial charge in [-0.1, -0.05) is 0 Å². The molecule has 0 spiro atoms. The molecule has 15 heavy (non-hydrogen) atoms. The molecule has 0 fully saturated rings. The standard InChI is InChI=1S/C7H11F3N2O2S/c1-2-3-4-5-11-15(13,14)12-6-7(8,9)10/h1,11-12H,3-6H2. The van der Waals surface area contributed by atoms with Crippen molar-refractivity contribution in [3.8, 4) is 12.3 Å². The largest absolute Gasteiger partial charge is 0.402 e. The first kappa shape index (κ1) is 14.2. The van der Waals surface area contributed by atoms with Crippen LogP contribution in [0.1, 0.15) is 12.8 Å². The van der Waals surface area contributed by atoms with Crippen molar-refractivity contribution in [1.29, 1.82) is 0 Å². The van der Waals surface area contributed by atoms with Gasteiger partial charge in [0, 0.05) is 13.0 Å². The van der Waals surface area contributed by atoms with E-state index in [0.717, 1.165) is 0 Å². The van der Waals surface area contributed by atoms with E-state index in [9.17, 15) is 21.6 Å². The van der Waals surface area contributed by atoms with Crippen LogP contribution in [0.5, 0.6) is 0 Å². The lowest BCUT2D eigenvalue weighted by Gasteiger charge is -2.09. The molecule has 0 bridgehead atoms. The van der Waals surface area contributed by atoms with Crippen molar-refractivity contribution >= 4 is 10.2 Å². The lowest BCUT2D eigenvalue weighted by atomic mass is 10.3.